The molecule has 4 rings (SSSR count). The lowest BCUT2D eigenvalue weighted by molar-refractivity contribution is -0.127. The van der Waals surface area contributed by atoms with Crippen LogP contribution in [-0.4, -0.2) is 29.8 Å². The molecular formula is C25H24F2N2O2. The lowest BCUT2D eigenvalue weighted by Crippen LogP contribution is -2.43. The molecule has 0 bridgehead atoms. The number of likely N-dealkylation sites (tertiary alicyclic amines) is 1. The number of nitrogens with zero attached hydrogens (tertiary/aromatic N) is 1. The fraction of sp³-hybridized carbons (Fsp3) is 0.280. The van der Waals surface area contributed by atoms with Crippen LogP contribution in [0.1, 0.15) is 41.7 Å². The van der Waals surface area contributed by atoms with Crippen LogP contribution >= 0.6 is 0 Å². The van der Waals surface area contributed by atoms with Gasteiger partial charge in [-0.25, -0.2) is 8.78 Å². The minimum Gasteiger partial charge on any atom is -0.349 e. The molecule has 1 aliphatic heterocycles. The summed E-state index contributed by atoms with van der Waals surface area (Å²) in [5.74, 6) is -1.78. The second-order valence-electron chi connectivity index (χ2n) is 7.99. The molecule has 4 nitrogen and oxygen atoms in total. The molecular weight excluding hydrogens is 398 g/mol. The Hall–Kier alpha value is -3.28. The summed E-state index contributed by atoms with van der Waals surface area (Å²) in [4.78, 5) is 27.5. The van der Waals surface area contributed by atoms with Crippen LogP contribution in [0.2, 0.25) is 0 Å². The molecule has 31 heavy (non-hydrogen) atoms. The Labute approximate surface area is 179 Å². The number of nitrogens with one attached hydrogen (secondary N) is 1. The normalized spacial score (nSPS) is 15.6. The van der Waals surface area contributed by atoms with Crippen LogP contribution in [0.15, 0.2) is 60.7 Å². The van der Waals surface area contributed by atoms with Crippen molar-refractivity contribution in [2.75, 3.05) is 13.1 Å². The topological polar surface area (TPSA) is 49.4 Å². The third-order valence-corrected chi connectivity index (χ3v) is 5.96. The van der Waals surface area contributed by atoms with E-state index in [1.165, 1.54) is 12.1 Å². The number of halogens is 2. The molecule has 1 atom stereocenters. The SMILES string of the molecule is C[C@H](NC(=O)C1CCN(C(=O)c2cccc3ccccc23)CC1)c1ccc(F)cc1F. The van der Waals surface area contributed by atoms with E-state index in [0.717, 1.165) is 16.8 Å². The van der Waals surface area contributed by atoms with Crippen molar-refractivity contribution in [2.45, 2.75) is 25.8 Å². The van der Waals surface area contributed by atoms with E-state index in [0.29, 0.717) is 31.5 Å². The molecule has 1 heterocycles. The van der Waals surface area contributed by atoms with Crippen molar-refractivity contribution in [3.05, 3.63) is 83.4 Å². The van der Waals surface area contributed by atoms with Gasteiger partial charge in [-0.05, 0) is 42.7 Å². The van der Waals surface area contributed by atoms with E-state index in [4.69, 9.17) is 0 Å². The number of fused-ring (bicyclic) bond motifs is 1. The van der Waals surface area contributed by atoms with Gasteiger partial charge >= 0.3 is 0 Å². The van der Waals surface area contributed by atoms with Crippen LogP contribution in [-0.2, 0) is 4.79 Å². The maximum atomic E-state index is 14.0. The third kappa shape index (κ3) is 4.43. The van der Waals surface area contributed by atoms with Crippen molar-refractivity contribution >= 4 is 22.6 Å². The molecule has 0 saturated carbocycles. The van der Waals surface area contributed by atoms with Gasteiger partial charge in [0, 0.05) is 36.2 Å². The number of carbonyl (C=O) groups is 2. The third-order valence-electron chi connectivity index (χ3n) is 5.96. The van der Waals surface area contributed by atoms with E-state index in [2.05, 4.69) is 5.32 Å². The molecule has 6 heteroatoms. The van der Waals surface area contributed by atoms with E-state index in [-0.39, 0.29) is 23.3 Å². The first-order chi connectivity index (χ1) is 14.9. The molecule has 3 aromatic carbocycles. The lowest BCUT2D eigenvalue weighted by atomic mass is 9.94. The molecule has 0 spiro atoms. The first-order valence-corrected chi connectivity index (χ1v) is 10.5. The fourth-order valence-electron chi connectivity index (χ4n) is 4.19. The summed E-state index contributed by atoms with van der Waals surface area (Å²) in [5, 5.41) is 4.76. The first-order valence-electron chi connectivity index (χ1n) is 10.5. The van der Waals surface area contributed by atoms with Crippen molar-refractivity contribution in [3.63, 3.8) is 0 Å². The van der Waals surface area contributed by atoms with Crippen molar-refractivity contribution in [2.24, 2.45) is 5.92 Å². The second kappa shape index (κ2) is 8.84. The Morgan fingerprint density at radius 1 is 1.00 bits per heavy atom. The zero-order valence-corrected chi connectivity index (χ0v) is 17.3. The van der Waals surface area contributed by atoms with E-state index in [9.17, 15) is 18.4 Å². The van der Waals surface area contributed by atoms with Crippen LogP contribution in [0.4, 0.5) is 8.78 Å². The van der Waals surface area contributed by atoms with E-state index in [1.54, 1.807) is 11.8 Å². The average Bonchev–Trinajstić information content (AvgIpc) is 2.78. The number of amides is 2. The molecule has 0 radical (unpaired) electrons. The van der Waals surface area contributed by atoms with Gasteiger partial charge in [-0.1, -0.05) is 42.5 Å². The van der Waals surface area contributed by atoms with Crippen LogP contribution in [0.3, 0.4) is 0 Å². The molecule has 1 fully saturated rings. The minimum absolute atomic E-state index is 0.0302. The zero-order valence-electron chi connectivity index (χ0n) is 17.3. The Morgan fingerprint density at radius 2 is 1.71 bits per heavy atom. The van der Waals surface area contributed by atoms with Gasteiger partial charge in [0.25, 0.3) is 5.91 Å². The first kappa shape index (κ1) is 21.0. The van der Waals surface area contributed by atoms with Gasteiger partial charge in [0.05, 0.1) is 6.04 Å². The Bertz CT molecular complexity index is 1120. The second-order valence-corrected chi connectivity index (χ2v) is 7.99. The monoisotopic (exact) mass is 422 g/mol. The van der Waals surface area contributed by atoms with Gasteiger partial charge in [0.15, 0.2) is 0 Å². The van der Waals surface area contributed by atoms with Gasteiger partial charge in [-0.3, -0.25) is 9.59 Å². The highest BCUT2D eigenvalue weighted by atomic mass is 19.1. The Balaban J connectivity index is 1.38. The molecule has 1 N–H and O–H groups in total. The van der Waals surface area contributed by atoms with Crippen LogP contribution in [0, 0.1) is 17.6 Å². The fourth-order valence-corrected chi connectivity index (χ4v) is 4.19. The number of carbonyl (C=O) groups excluding carboxylic acids is 2. The van der Waals surface area contributed by atoms with Crippen molar-refractivity contribution in [1.82, 2.24) is 10.2 Å². The predicted octanol–water partition coefficient (Wildman–Crippen LogP) is 4.85. The number of hydrogen-bond acceptors (Lipinski definition) is 2. The van der Waals surface area contributed by atoms with Crippen molar-refractivity contribution in [3.8, 4) is 0 Å². The lowest BCUT2D eigenvalue weighted by Gasteiger charge is -2.32. The van der Waals surface area contributed by atoms with E-state index >= 15 is 0 Å². The smallest absolute Gasteiger partial charge is 0.254 e. The van der Waals surface area contributed by atoms with Crippen LogP contribution in [0.5, 0.6) is 0 Å². The van der Waals surface area contributed by atoms with E-state index in [1.807, 2.05) is 42.5 Å². The number of piperidine rings is 1. The maximum absolute atomic E-state index is 14.0. The quantitative estimate of drug-likeness (QED) is 0.654. The maximum Gasteiger partial charge on any atom is 0.254 e. The summed E-state index contributed by atoms with van der Waals surface area (Å²) in [6.45, 7) is 2.65. The minimum atomic E-state index is -0.677. The van der Waals surface area contributed by atoms with Gasteiger partial charge < -0.3 is 10.2 Å². The highest BCUT2D eigenvalue weighted by Crippen LogP contribution is 2.25. The standard InChI is InChI=1S/C25H24F2N2O2/c1-16(20-10-9-19(26)15-23(20)27)28-24(30)18-11-13-29(14-12-18)25(31)22-8-4-6-17-5-2-3-7-21(17)22/h2-10,15-16,18H,11-14H2,1H3,(H,28,30)/t16-/m0/s1. The summed E-state index contributed by atoms with van der Waals surface area (Å²) in [7, 11) is 0. The molecule has 0 unspecified atom stereocenters. The summed E-state index contributed by atoms with van der Waals surface area (Å²) in [6, 6.07) is 16.3. The van der Waals surface area contributed by atoms with Gasteiger partial charge in [-0.15, -0.1) is 0 Å². The molecule has 1 saturated heterocycles. The Morgan fingerprint density at radius 3 is 2.45 bits per heavy atom. The number of benzene rings is 3. The zero-order chi connectivity index (χ0) is 22.0. The predicted molar refractivity (Wildman–Crippen MR) is 115 cm³/mol. The van der Waals surface area contributed by atoms with Crippen molar-refractivity contribution < 1.29 is 18.4 Å². The van der Waals surface area contributed by atoms with E-state index < -0.39 is 17.7 Å². The summed E-state index contributed by atoms with van der Waals surface area (Å²) < 4.78 is 27.1. The highest BCUT2D eigenvalue weighted by molar-refractivity contribution is 6.07. The van der Waals surface area contributed by atoms with Gasteiger partial charge in [-0.2, -0.15) is 0 Å². The van der Waals surface area contributed by atoms with Crippen molar-refractivity contribution in [1.29, 1.82) is 0 Å². The highest BCUT2D eigenvalue weighted by Gasteiger charge is 2.29. The molecule has 0 aliphatic carbocycles. The average molecular weight is 422 g/mol. The summed E-state index contributed by atoms with van der Waals surface area (Å²) in [6.07, 6.45) is 1.09. The molecule has 160 valence electrons. The number of hydrogen-bond donors (Lipinski definition) is 1. The van der Waals surface area contributed by atoms with Crippen LogP contribution < -0.4 is 5.32 Å². The number of rotatable bonds is 4. The summed E-state index contributed by atoms with van der Waals surface area (Å²) >= 11 is 0. The summed E-state index contributed by atoms with van der Waals surface area (Å²) in [5.41, 5.74) is 0.916. The molecule has 3 aromatic rings. The molecule has 2 amide bonds. The molecule has 1 aliphatic rings. The largest absolute Gasteiger partial charge is 0.349 e. The molecule has 0 aromatic heterocycles. The van der Waals surface area contributed by atoms with Gasteiger partial charge in [0.1, 0.15) is 11.6 Å². The van der Waals surface area contributed by atoms with Gasteiger partial charge in [0.2, 0.25) is 5.91 Å². The van der Waals surface area contributed by atoms with Crippen LogP contribution in [0.25, 0.3) is 10.8 Å². The Kier molecular flexibility index (Phi) is 5.98.